The van der Waals surface area contributed by atoms with Gasteiger partial charge < -0.3 is 10.1 Å². The zero-order valence-electron chi connectivity index (χ0n) is 6.76. The van der Waals surface area contributed by atoms with Gasteiger partial charge in [0.2, 0.25) is 0 Å². The average molecular weight is 248 g/mol. The van der Waals surface area contributed by atoms with E-state index in [1.54, 1.807) is 11.3 Å². The molecule has 1 aromatic heterocycles. The Bertz CT molecular complexity index is 277. The highest BCUT2D eigenvalue weighted by Crippen LogP contribution is 2.35. The molecule has 0 spiro atoms. The van der Waals surface area contributed by atoms with Gasteiger partial charge in [-0.3, -0.25) is 0 Å². The molecule has 66 valence electrons. The standard InChI is InChI=1S/C8H10BrNOS/c1-10-8(4-11-5-8)6-2-3-7(9)12-6/h2-3,10H,4-5H2,1H3. The summed E-state index contributed by atoms with van der Waals surface area (Å²) in [5.41, 5.74) is 0.0939. The van der Waals surface area contributed by atoms with E-state index in [1.807, 2.05) is 7.05 Å². The van der Waals surface area contributed by atoms with Crippen LogP contribution in [-0.2, 0) is 10.3 Å². The highest BCUT2D eigenvalue weighted by Gasteiger charge is 2.39. The van der Waals surface area contributed by atoms with E-state index in [4.69, 9.17) is 4.74 Å². The molecule has 1 aromatic rings. The lowest BCUT2D eigenvalue weighted by Gasteiger charge is -2.40. The fraction of sp³-hybridized carbons (Fsp3) is 0.500. The molecule has 0 aromatic carbocycles. The van der Waals surface area contributed by atoms with Gasteiger partial charge in [-0.05, 0) is 35.1 Å². The number of likely N-dealkylation sites (N-methyl/N-ethyl adjacent to an activating group) is 1. The number of hydrogen-bond acceptors (Lipinski definition) is 3. The Hall–Kier alpha value is 0.1000. The lowest BCUT2D eigenvalue weighted by molar-refractivity contribution is -0.0728. The first-order valence-electron chi connectivity index (χ1n) is 3.79. The second-order valence-corrected chi connectivity index (χ2v) is 5.39. The van der Waals surface area contributed by atoms with E-state index in [0.29, 0.717) is 0 Å². The number of halogens is 1. The monoisotopic (exact) mass is 247 g/mol. The topological polar surface area (TPSA) is 21.3 Å². The lowest BCUT2D eigenvalue weighted by atomic mass is 9.96. The van der Waals surface area contributed by atoms with Gasteiger partial charge >= 0.3 is 0 Å². The molecule has 0 amide bonds. The number of rotatable bonds is 2. The summed E-state index contributed by atoms with van der Waals surface area (Å²) in [7, 11) is 1.98. The van der Waals surface area contributed by atoms with Crippen molar-refractivity contribution in [1.29, 1.82) is 0 Å². The van der Waals surface area contributed by atoms with Gasteiger partial charge in [-0.1, -0.05) is 0 Å². The minimum absolute atomic E-state index is 0.0939. The summed E-state index contributed by atoms with van der Waals surface area (Å²) in [4.78, 5) is 1.35. The molecule has 1 aliphatic rings. The van der Waals surface area contributed by atoms with E-state index in [-0.39, 0.29) is 5.54 Å². The van der Waals surface area contributed by atoms with Crippen LogP contribution in [0.15, 0.2) is 15.9 Å². The minimum atomic E-state index is 0.0939. The molecule has 0 saturated carbocycles. The van der Waals surface area contributed by atoms with Crippen molar-refractivity contribution in [2.75, 3.05) is 20.3 Å². The quantitative estimate of drug-likeness (QED) is 0.863. The molecule has 1 fully saturated rings. The van der Waals surface area contributed by atoms with Crippen LogP contribution in [0.1, 0.15) is 4.88 Å². The predicted octanol–water partition coefficient (Wildman–Crippen LogP) is 1.96. The minimum Gasteiger partial charge on any atom is -0.377 e. The van der Waals surface area contributed by atoms with Gasteiger partial charge in [0.15, 0.2) is 0 Å². The van der Waals surface area contributed by atoms with Crippen molar-refractivity contribution in [1.82, 2.24) is 5.32 Å². The normalized spacial score (nSPS) is 20.5. The van der Waals surface area contributed by atoms with Crippen molar-refractivity contribution in [2.24, 2.45) is 0 Å². The summed E-state index contributed by atoms with van der Waals surface area (Å²) in [6.45, 7) is 1.58. The van der Waals surface area contributed by atoms with E-state index in [1.165, 1.54) is 8.66 Å². The third kappa shape index (κ3) is 1.23. The number of ether oxygens (including phenoxy) is 1. The van der Waals surface area contributed by atoms with Gasteiger partial charge in [0, 0.05) is 4.88 Å². The summed E-state index contributed by atoms with van der Waals surface area (Å²) >= 11 is 5.23. The van der Waals surface area contributed by atoms with Crippen LogP contribution in [-0.4, -0.2) is 20.3 Å². The fourth-order valence-corrected chi connectivity index (χ4v) is 2.84. The van der Waals surface area contributed by atoms with E-state index in [9.17, 15) is 0 Å². The Morgan fingerprint density at radius 1 is 1.58 bits per heavy atom. The van der Waals surface area contributed by atoms with Crippen LogP contribution in [0.5, 0.6) is 0 Å². The third-order valence-electron chi connectivity index (χ3n) is 2.22. The Morgan fingerprint density at radius 3 is 2.67 bits per heavy atom. The van der Waals surface area contributed by atoms with Crippen LogP contribution in [0.4, 0.5) is 0 Å². The Labute approximate surface area is 84.1 Å². The van der Waals surface area contributed by atoms with Gasteiger partial charge in [0.1, 0.15) is 0 Å². The number of thiophene rings is 1. The number of nitrogens with one attached hydrogen (secondary N) is 1. The van der Waals surface area contributed by atoms with Crippen molar-refractivity contribution in [3.63, 3.8) is 0 Å². The Morgan fingerprint density at radius 2 is 2.33 bits per heavy atom. The molecular formula is C8H10BrNOS. The molecule has 1 N–H and O–H groups in total. The summed E-state index contributed by atoms with van der Waals surface area (Å²) in [6, 6.07) is 4.23. The Kier molecular flexibility index (Phi) is 2.25. The molecule has 0 aliphatic carbocycles. The zero-order chi connectivity index (χ0) is 8.60. The van der Waals surface area contributed by atoms with Gasteiger partial charge in [-0.2, -0.15) is 0 Å². The third-order valence-corrected chi connectivity index (χ3v) is 4.05. The number of hydrogen-bond donors (Lipinski definition) is 1. The van der Waals surface area contributed by atoms with Crippen LogP contribution in [0.2, 0.25) is 0 Å². The fourth-order valence-electron chi connectivity index (χ4n) is 1.29. The van der Waals surface area contributed by atoms with Crippen LogP contribution >= 0.6 is 27.3 Å². The van der Waals surface area contributed by atoms with Crippen LogP contribution in [0.25, 0.3) is 0 Å². The highest BCUT2D eigenvalue weighted by molar-refractivity contribution is 9.11. The first-order valence-corrected chi connectivity index (χ1v) is 5.40. The average Bonchev–Trinajstić information content (AvgIpc) is 2.35. The van der Waals surface area contributed by atoms with Crippen molar-refractivity contribution < 1.29 is 4.74 Å². The largest absolute Gasteiger partial charge is 0.377 e. The smallest absolute Gasteiger partial charge is 0.0999 e. The molecular weight excluding hydrogens is 238 g/mol. The van der Waals surface area contributed by atoms with Crippen molar-refractivity contribution >= 4 is 27.3 Å². The predicted molar refractivity (Wildman–Crippen MR) is 53.6 cm³/mol. The SMILES string of the molecule is CNC1(c2ccc(Br)s2)COC1. The molecule has 2 nitrogen and oxygen atoms in total. The molecule has 0 atom stereocenters. The van der Waals surface area contributed by atoms with Gasteiger partial charge in [0.25, 0.3) is 0 Å². The first kappa shape index (κ1) is 8.69. The van der Waals surface area contributed by atoms with E-state index >= 15 is 0 Å². The van der Waals surface area contributed by atoms with Crippen molar-refractivity contribution in [2.45, 2.75) is 5.54 Å². The molecule has 1 saturated heterocycles. The van der Waals surface area contributed by atoms with Crippen LogP contribution in [0, 0.1) is 0 Å². The second kappa shape index (κ2) is 3.10. The summed E-state index contributed by atoms with van der Waals surface area (Å²) < 4.78 is 6.40. The molecule has 0 unspecified atom stereocenters. The Balaban J connectivity index is 2.27. The van der Waals surface area contributed by atoms with Gasteiger partial charge in [0.05, 0.1) is 22.5 Å². The zero-order valence-corrected chi connectivity index (χ0v) is 9.17. The summed E-state index contributed by atoms with van der Waals surface area (Å²) in [5, 5.41) is 3.31. The molecule has 1 aliphatic heterocycles. The molecule has 2 rings (SSSR count). The maximum absolute atomic E-state index is 5.22. The lowest BCUT2D eigenvalue weighted by Crippen LogP contribution is -2.55. The van der Waals surface area contributed by atoms with Crippen LogP contribution < -0.4 is 5.32 Å². The first-order chi connectivity index (χ1) is 5.77. The maximum Gasteiger partial charge on any atom is 0.0999 e. The molecule has 2 heterocycles. The summed E-state index contributed by atoms with van der Waals surface area (Å²) in [6.07, 6.45) is 0. The second-order valence-electron chi connectivity index (χ2n) is 2.93. The highest BCUT2D eigenvalue weighted by atomic mass is 79.9. The van der Waals surface area contributed by atoms with Crippen LogP contribution in [0.3, 0.4) is 0 Å². The van der Waals surface area contributed by atoms with E-state index < -0.39 is 0 Å². The molecule has 4 heteroatoms. The molecule has 0 bridgehead atoms. The van der Waals surface area contributed by atoms with E-state index in [2.05, 4.69) is 33.4 Å². The van der Waals surface area contributed by atoms with Crippen molar-refractivity contribution in [3.8, 4) is 0 Å². The summed E-state index contributed by atoms with van der Waals surface area (Å²) in [5.74, 6) is 0. The molecule has 0 radical (unpaired) electrons. The van der Waals surface area contributed by atoms with Crippen molar-refractivity contribution in [3.05, 3.63) is 20.8 Å². The van der Waals surface area contributed by atoms with E-state index in [0.717, 1.165) is 13.2 Å². The van der Waals surface area contributed by atoms with Gasteiger partial charge in [-0.15, -0.1) is 11.3 Å². The molecule has 12 heavy (non-hydrogen) atoms. The van der Waals surface area contributed by atoms with Gasteiger partial charge in [-0.25, -0.2) is 0 Å². The maximum atomic E-state index is 5.22.